The van der Waals surface area contributed by atoms with E-state index in [0.29, 0.717) is 19.1 Å². The first-order valence-corrected chi connectivity index (χ1v) is 8.16. The van der Waals surface area contributed by atoms with Gasteiger partial charge in [-0.1, -0.05) is 38.1 Å². The molecule has 0 saturated carbocycles. The van der Waals surface area contributed by atoms with Gasteiger partial charge in [-0.05, 0) is 31.1 Å². The fourth-order valence-corrected chi connectivity index (χ4v) is 2.32. The molecule has 5 heteroatoms. The summed E-state index contributed by atoms with van der Waals surface area (Å²) in [5, 5.41) is 3.03. The minimum absolute atomic E-state index is 0.00213. The molecule has 1 aromatic rings. The first-order chi connectivity index (χ1) is 10.9. The number of carbonyl (C=O) groups is 1. The highest BCUT2D eigenvalue weighted by Crippen LogP contribution is 2.07. The minimum atomic E-state index is -0.00213. The van der Waals surface area contributed by atoms with E-state index in [0.717, 1.165) is 30.8 Å². The lowest BCUT2D eigenvalue weighted by atomic mass is 10.1. The maximum atomic E-state index is 12.4. The van der Waals surface area contributed by atoms with E-state index in [-0.39, 0.29) is 6.03 Å². The molecule has 0 unspecified atom stereocenters. The third-order valence-electron chi connectivity index (χ3n) is 3.44. The Morgan fingerprint density at radius 2 is 1.91 bits per heavy atom. The number of amides is 2. The van der Waals surface area contributed by atoms with Crippen LogP contribution in [0.4, 0.5) is 4.79 Å². The van der Waals surface area contributed by atoms with Gasteiger partial charge in [-0.2, -0.15) is 0 Å². The van der Waals surface area contributed by atoms with Gasteiger partial charge in [0.15, 0.2) is 0 Å². The molecular weight excluding hydrogens is 290 g/mol. The molecule has 130 valence electrons. The van der Waals surface area contributed by atoms with Crippen molar-refractivity contribution < 1.29 is 9.53 Å². The number of benzene rings is 1. The van der Waals surface area contributed by atoms with Crippen LogP contribution in [0.2, 0.25) is 0 Å². The number of nitrogens with zero attached hydrogens (tertiary/aromatic N) is 2. The average Bonchev–Trinajstić information content (AvgIpc) is 2.49. The Morgan fingerprint density at radius 1 is 1.22 bits per heavy atom. The van der Waals surface area contributed by atoms with E-state index in [1.807, 2.05) is 37.2 Å². The zero-order valence-corrected chi connectivity index (χ0v) is 15.1. The zero-order chi connectivity index (χ0) is 17.2. The maximum absolute atomic E-state index is 12.4. The second-order valence-corrected chi connectivity index (χ2v) is 6.55. The van der Waals surface area contributed by atoms with Crippen molar-refractivity contribution in [2.75, 3.05) is 40.8 Å². The van der Waals surface area contributed by atoms with Crippen LogP contribution in [0.1, 0.15) is 25.0 Å². The molecule has 23 heavy (non-hydrogen) atoms. The van der Waals surface area contributed by atoms with E-state index >= 15 is 0 Å². The van der Waals surface area contributed by atoms with Gasteiger partial charge in [0.05, 0.1) is 6.61 Å². The molecule has 0 fully saturated rings. The molecule has 0 aliphatic carbocycles. The molecule has 0 heterocycles. The molecule has 5 nitrogen and oxygen atoms in total. The van der Waals surface area contributed by atoms with Crippen molar-refractivity contribution in [2.45, 2.75) is 27.0 Å². The summed E-state index contributed by atoms with van der Waals surface area (Å²) in [6, 6.07) is 8.10. The number of likely N-dealkylation sites (N-methyl/N-ethyl adjacent to an activating group) is 1. The van der Waals surface area contributed by atoms with Crippen molar-refractivity contribution in [3.05, 3.63) is 35.4 Å². The maximum Gasteiger partial charge on any atom is 0.317 e. The van der Waals surface area contributed by atoms with Crippen molar-refractivity contribution in [3.63, 3.8) is 0 Å². The topological polar surface area (TPSA) is 44.8 Å². The Bertz CT molecular complexity index is 475. The molecule has 0 aliphatic heterocycles. The van der Waals surface area contributed by atoms with Gasteiger partial charge in [0.2, 0.25) is 0 Å². The number of rotatable bonds is 9. The summed E-state index contributed by atoms with van der Waals surface area (Å²) in [4.78, 5) is 16.4. The largest absolute Gasteiger partial charge is 0.380 e. The van der Waals surface area contributed by atoms with Crippen LogP contribution < -0.4 is 5.32 Å². The highest BCUT2D eigenvalue weighted by atomic mass is 16.5. The number of hydrogen-bond acceptors (Lipinski definition) is 3. The van der Waals surface area contributed by atoms with E-state index in [1.165, 1.54) is 0 Å². The summed E-state index contributed by atoms with van der Waals surface area (Å²) in [7, 11) is 5.72. The quantitative estimate of drug-likeness (QED) is 0.760. The van der Waals surface area contributed by atoms with Crippen LogP contribution in [-0.2, 0) is 17.9 Å². The van der Waals surface area contributed by atoms with Crippen molar-refractivity contribution in [2.24, 2.45) is 5.92 Å². The zero-order valence-electron chi connectivity index (χ0n) is 15.1. The Kier molecular flexibility index (Phi) is 8.66. The molecule has 1 aromatic carbocycles. The normalized spacial score (nSPS) is 11.1. The van der Waals surface area contributed by atoms with Crippen LogP contribution in [0, 0.1) is 5.92 Å². The number of methoxy groups -OCH3 is 1. The number of carbonyl (C=O) groups excluding carboxylic acids is 1. The standard InChI is InChI=1S/C18H31N3O2/c1-15(2)13-21(10-9-20(3)4)18(22)19-12-16-7-6-8-17(11-16)14-23-5/h6-8,11,15H,9-10,12-14H2,1-5H3,(H,19,22). The van der Waals surface area contributed by atoms with Gasteiger partial charge in [0, 0.05) is 33.3 Å². The van der Waals surface area contributed by atoms with Crippen LogP contribution in [0.15, 0.2) is 24.3 Å². The molecular formula is C18H31N3O2. The highest BCUT2D eigenvalue weighted by Gasteiger charge is 2.14. The van der Waals surface area contributed by atoms with Gasteiger partial charge >= 0.3 is 6.03 Å². The van der Waals surface area contributed by atoms with Gasteiger partial charge in [0.1, 0.15) is 0 Å². The van der Waals surface area contributed by atoms with Gasteiger partial charge in [0.25, 0.3) is 0 Å². The summed E-state index contributed by atoms with van der Waals surface area (Å²) in [5.74, 6) is 0.452. The molecule has 0 bridgehead atoms. The molecule has 0 spiro atoms. The van der Waals surface area contributed by atoms with Gasteiger partial charge in [-0.25, -0.2) is 4.79 Å². The van der Waals surface area contributed by atoms with Crippen LogP contribution >= 0.6 is 0 Å². The summed E-state index contributed by atoms with van der Waals surface area (Å²) >= 11 is 0. The summed E-state index contributed by atoms with van der Waals surface area (Å²) < 4.78 is 5.14. The van der Waals surface area contributed by atoms with Crippen LogP contribution in [0.25, 0.3) is 0 Å². The lowest BCUT2D eigenvalue weighted by Gasteiger charge is -2.26. The fraction of sp³-hybridized carbons (Fsp3) is 0.611. The number of hydrogen-bond donors (Lipinski definition) is 1. The van der Waals surface area contributed by atoms with E-state index in [9.17, 15) is 4.79 Å². The molecule has 0 aromatic heterocycles. The summed E-state index contributed by atoms with van der Waals surface area (Å²) in [6.45, 7) is 7.75. The molecule has 1 N–H and O–H groups in total. The molecule has 0 radical (unpaired) electrons. The van der Waals surface area contributed by atoms with Crippen LogP contribution in [0.3, 0.4) is 0 Å². The van der Waals surface area contributed by atoms with Crippen LogP contribution in [-0.4, -0.2) is 56.7 Å². The first kappa shape index (κ1) is 19.5. The third-order valence-corrected chi connectivity index (χ3v) is 3.44. The van der Waals surface area contributed by atoms with Crippen molar-refractivity contribution in [1.82, 2.24) is 15.1 Å². The predicted octanol–water partition coefficient (Wildman–Crippen LogP) is 2.56. The Balaban J connectivity index is 2.58. The van der Waals surface area contributed by atoms with Crippen molar-refractivity contribution in [3.8, 4) is 0 Å². The summed E-state index contributed by atoms with van der Waals surface area (Å²) in [5.41, 5.74) is 2.20. The lowest BCUT2D eigenvalue weighted by Crippen LogP contribution is -2.44. The van der Waals surface area contributed by atoms with Gasteiger partial charge in [-0.15, -0.1) is 0 Å². The van der Waals surface area contributed by atoms with Crippen molar-refractivity contribution >= 4 is 6.03 Å². The van der Waals surface area contributed by atoms with Crippen LogP contribution in [0.5, 0.6) is 0 Å². The van der Waals surface area contributed by atoms with E-state index in [2.05, 4.69) is 30.1 Å². The Labute approximate surface area is 140 Å². The fourth-order valence-electron chi connectivity index (χ4n) is 2.32. The Hall–Kier alpha value is -1.59. The third kappa shape index (κ3) is 8.00. The average molecular weight is 321 g/mol. The first-order valence-electron chi connectivity index (χ1n) is 8.16. The molecule has 0 saturated heterocycles. The second-order valence-electron chi connectivity index (χ2n) is 6.55. The Morgan fingerprint density at radius 3 is 2.52 bits per heavy atom. The molecule has 0 atom stereocenters. The molecule has 2 amide bonds. The smallest absolute Gasteiger partial charge is 0.317 e. The number of urea groups is 1. The van der Waals surface area contributed by atoms with E-state index < -0.39 is 0 Å². The SMILES string of the molecule is COCc1cccc(CNC(=O)N(CCN(C)C)CC(C)C)c1. The van der Waals surface area contributed by atoms with Crippen molar-refractivity contribution in [1.29, 1.82) is 0 Å². The molecule has 1 rings (SSSR count). The number of ether oxygens (including phenoxy) is 1. The second kappa shape index (κ2) is 10.2. The predicted molar refractivity (Wildman–Crippen MR) is 94.4 cm³/mol. The molecule has 0 aliphatic rings. The lowest BCUT2D eigenvalue weighted by molar-refractivity contribution is 0.183. The van der Waals surface area contributed by atoms with E-state index in [1.54, 1.807) is 7.11 Å². The van der Waals surface area contributed by atoms with E-state index in [4.69, 9.17) is 4.74 Å². The van der Waals surface area contributed by atoms with Gasteiger partial charge in [-0.3, -0.25) is 0 Å². The number of nitrogens with one attached hydrogen (secondary N) is 1. The highest BCUT2D eigenvalue weighted by molar-refractivity contribution is 5.74. The minimum Gasteiger partial charge on any atom is -0.380 e. The monoisotopic (exact) mass is 321 g/mol. The van der Waals surface area contributed by atoms with Gasteiger partial charge < -0.3 is 19.9 Å². The summed E-state index contributed by atoms with van der Waals surface area (Å²) in [6.07, 6.45) is 0.